The summed E-state index contributed by atoms with van der Waals surface area (Å²) < 4.78 is 69.8. The molecule has 8 nitrogen and oxygen atoms in total. The molecule has 1 amide bonds. The molecule has 1 aromatic heterocycles. The summed E-state index contributed by atoms with van der Waals surface area (Å²) in [7, 11) is -3.30. The second-order valence-corrected chi connectivity index (χ2v) is 9.29. The van der Waals surface area contributed by atoms with Gasteiger partial charge in [0.25, 0.3) is 5.91 Å². The van der Waals surface area contributed by atoms with Crippen molar-refractivity contribution < 1.29 is 40.7 Å². The molecule has 2 N–H and O–H groups in total. The number of hydrogen-bond donors (Lipinski definition) is 2. The number of carbonyl (C=O) groups is 2. The smallest absolute Gasteiger partial charge is 0.448 e. The monoisotopic (exact) mass is 480 g/mol. The zero-order valence-electron chi connectivity index (χ0n) is 16.4. The van der Waals surface area contributed by atoms with Gasteiger partial charge in [0, 0.05) is 17.1 Å². The highest BCUT2D eigenvalue weighted by atomic mass is 32.2. The number of esters is 1. The summed E-state index contributed by atoms with van der Waals surface area (Å²) in [5.74, 6) is -1.85. The minimum Gasteiger partial charge on any atom is -0.448 e. The van der Waals surface area contributed by atoms with Gasteiger partial charge in [-0.15, -0.1) is 24.5 Å². The van der Waals surface area contributed by atoms with Crippen LogP contribution in [0.15, 0.2) is 36.4 Å². The van der Waals surface area contributed by atoms with E-state index in [9.17, 15) is 31.2 Å². The molecule has 0 radical (unpaired) electrons. The lowest BCUT2D eigenvalue weighted by Crippen LogP contribution is -2.29. The summed E-state index contributed by atoms with van der Waals surface area (Å²) in [5.41, 5.74) is 0.194. The lowest BCUT2D eigenvalue weighted by atomic mass is 10.3. The minimum absolute atomic E-state index is 0.180. The van der Waals surface area contributed by atoms with Crippen LogP contribution < -0.4 is 14.8 Å². The van der Waals surface area contributed by atoms with Gasteiger partial charge in [0.05, 0.1) is 6.26 Å². The summed E-state index contributed by atoms with van der Waals surface area (Å²) in [4.78, 5) is 25.4. The molecule has 0 saturated heterocycles. The number of benzene rings is 1. The van der Waals surface area contributed by atoms with Crippen molar-refractivity contribution >= 4 is 38.9 Å². The van der Waals surface area contributed by atoms with Crippen LogP contribution in [0.3, 0.4) is 0 Å². The van der Waals surface area contributed by atoms with E-state index >= 15 is 0 Å². The number of amides is 1. The zero-order chi connectivity index (χ0) is 23.2. The molecule has 0 aliphatic rings. The molecule has 2 aromatic rings. The minimum atomic E-state index is -4.82. The summed E-state index contributed by atoms with van der Waals surface area (Å²) in [5, 5.41) is 2.42. The maximum absolute atomic E-state index is 12.2. The Kier molecular flexibility index (Phi) is 8.03. The highest BCUT2D eigenvalue weighted by Crippen LogP contribution is 2.24. The first kappa shape index (κ1) is 24.6. The predicted molar refractivity (Wildman–Crippen MR) is 108 cm³/mol. The van der Waals surface area contributed by atoms with Crippen LogP contribution in [-0.2, 0) is 26.0 Å². The summed E-state index contributed by atoms with van der Waals surface area (Å²) >= 11 is 1.11. The highest BCUT2D eigenvalue weighted by molar-refractivity contribution is 7.88. The summed E-state index contributed by atoms with van der Waals surface area (Å²) in [6.45, 7) is 1.53. The molecule has 2 rings (SSSR count). The molecule has 170 valence electrons. The van der Waals surface area contributed by atoms with Crippen LogP contribution in [-0.4, -0.2) is 45.6 Å². The Balaban J connectivity index is 1.86. The van der Waals surface area contributed by atoms with E-state index < -0.39 is 40.1 Å². The number of nitrogens with one attached hydrogen (secondary N) is 2. The molecule has 0 aliphatic carbocycles. The first-order valence-electron chi connectivity index (χ1n) is 8.73. The molecule has 1 unspecified atom stereocenters. The summed E-state index contributed by atoms with van der Waals surface area (Å²) in [6.07, 6.45) is -4.56. The lowest BCUT2D eigenvalue weighted by Gasteiger charge is -2.13. The molecule has 0 saturated carbocycles. The third kappa shape index (κ3) is 8.94. The average molecular weight is 480 g/mol. The zero-order valence-corrected chi connectivity index (χ0v) is 18.0. The number of thiophene rings is 1. The summed E-state index contributed by atoms with van der Waals surface area (Å²) in [6, 6.07) is 7.65. The van der Waals surface area contributed by atoms with Gasteiger partial charge >= 0.3 is 12.3 Å². The van der Waals surface area contributed by atoms with Gasteiger partial charge in [-0.25, -0.2) is 17.9 Å². The maximum Gasteiger partial charge on any atom is 0.573 e. The predicted octanol–water partition coefficient (Wildman–Crippen LogP) is 2.92. The van der Waals surface area contributed by atoms with Gasteiger partial charge in [0.2, 0.25) is 10.0 Å². The Morgan fingerprint density at radius 3 is 2.35 bits per heavy atom. The first-order valence-corrected chi connectivity index (χ1v) is 11.4. The van der Waals surface area contributed by atoms with Gasteiger partial charge in [-0.2, -0.15) is 0 Å². The molecular weight excluding hydrogens is 461 g/mol. The van der Waals surface area contributed by atoms with Gasteiger partial charge < -0.3 is 14.8 Å². The molecular formula is C18H19F3N2O6S2. The fourth-order valence-corrected chi connectivity index (χ4v) is 3.60. The van der Waals surface area contributed by atoms with Crippen LogP contribution >= 0.6 is 11.3 Å². The quantitative estimate of drug-likeness (QED) is 0.534. The van der Waals surface area contributed by atoms with Gasteiger partial charge in [-0.1, -0.05) is 0 Å². The van der Waals surface area contributed by atoms with E-state index in [-0.39, 0.29) is 17.1 Å². The third-order valence-corrected chi connectivity index (χ3v) is 5.46. The van der Waals surface area contributed by atoms with E-state index in [2.05, 4.69) is 14.8 Å². The number of halogens is 3. The maximum atomic E-state index is 12.2. The molecule has 0 fully saturated rings. The number of anilines is 1. The van der Waals surface area contributed by atoms with Crippen LogP contribution in [0, 0.1) is 0 Å². The number of alkyl halides is 3. The fraction of sp³-hybridized carbons (Fsp3) is 0.333. The molecule has 1 atom stereocenters. The lowest BCUT2D eigenvalue weighted by molar-refractivity contribution is -0.274. The largest absolute Gasteiger partial charge is 0.573 e. The van der Waals surface area contributed by atoms with E-state index in [4.69, 9.17) is 4.74 Å². The Morgan fingerprint density at radius 1 is 1.13 bits per heavy atom. The van der Waals surface area contributed by atoms with Crippen molar-refractivity contribution in [2.24, 2.45) is 0 Å². The Hall–Kier alpha value is -2.64. The first-order chi connectivity index (χ1) is 14.3. The van der Waals surface area contributed by atoms with Crippen molar-refractivity contribution in [2.45, 2.75) is 25.8 Å². The Labute approximate surface area is 180 Å². The van der Waals surface area contributed by atoms with E-state index in [0.717, 1.165) is 34.6 Å². The van der Waals surface area contributed by atoms with Gasteiger partial charge in [-0.3, -0.25) is 4.79 Å². The van der Waals surface area contributed by atoms with Crippen LogP contribution in [0.2, 0.25) is 0 Å². The standard InChI is InChI=1S/C18H19F3N2O6S2/c1-11(16(24)23-12-3-5-13(6-4-12)29-18(19,20)21)28-17(25)15-8-7-14(30-15)9-10-22-31(2,26)27/h3-8,11,22H,9-10H2,1-2H3,(H,23,24). The normalized spacial score (nSPS) is 12.8. The molecule has 0 aliphatic heterocycles. The second kappa shape index (κ2) is 10.1. The molecule has 1 heterocycles. The van der Waals surface area contributed by atoms with Gasteiger partial charge in [0.1, 0.15) is 10.6 Å². The van der Waals surface area contributed by atoms with Crippen LogP contribution in [0.1, 0.15) is 21.5 Å². The van der Waals surface area contributed by atoms with Crippen molar-refractivity contribution in [3.8, 4) is 5.75 Å². The van der Waals surface area contributed by atoms with Crippen molar-refractivity contribution in [2.75, 3.05) is 18.1 Å². The van der Waals surface area contributed by atoms with E-state index in [0.29, 0.717) is 6.42 Å². The van der Waals surface area contributed by atoms with Crippen LogP contribution in [0.25, 0.3) is 0 Å². The fourth-order valence-electron chi connectivity index (χ4n) is 2.24. The molecule has 31 heavy (non-hydrogen) atoms. The number of hydrogen-bond acceptors (Lipinski definition) is 7. The van der Waals surface area contributed by atoms with Crippen molar-refractivity contribution in [1.29, 1.82) is 0 Å². The highest BCUT2D eigenvalue weighted by Gasteiger charge is 2.31. The van der Waals surface area contributed by atoms with Crippen molar-refractivity contribution in [3.05, 3.63) is 46.2 Å². The van der Waals surface area contributed by atoms with Crippen molar-refractivity contribution in [3.63, 3.8) is 0 Å². The number of rotatable bonds is 9. The molecule has 0 spiro atoms. The number of carbonyl (C=O) groups excluding carboxylic acids is 2. The van der Waals surface area contributed by atoms with E-state index in [1.54, 1.807) is 6.07 Å². The number of sulfonamides is 1. The van der Waals surface area contributed by atoms with Crippen molar-refractivity contribution in [1.82, 2.24) is 4.72 Å². The molecule has 0 bridgehead atoms. The van der Waals surface area contributed by atoms with E-state index in [1.807, 2.05) is 0 Å². The van der Waals surface area contributed by atoms with Crippen LogP contribution in [0.4, 0.5) is 18.9 Å². The molecule has 13 heteroatoms. The van der Waals surface area contributed by atoms with Gasteiger partial charge in [0.15, 0.2) is 6.10 Å². The second-order valence-electron chi connectivity index (χ2n) is 6.29. The Morgan fingerprint density at radius 2 is 1.77 bits per heavy atom. The molecule has 1 aromatic carbocycles. The van der Waals surface area contributed by atoms with E-state index in [1.165, 1.54) is 25.1 Å². The number of ether oxygens (including phenoxy) is 2. The third-order valence-electron chi connectivity index (χ3n) is 3.61. The van der Waals surface area contributed by atoms with Crippen LogP contribution in [0.5, 0.6) is 5.75 Å². The topological polar surface area (TPSA) is 111 Å². The SMILES string of the molecule is CC(OC(=O)c1ccc(CCNS(C)(=O)=O)s1)C(=O)Nc1ccc(OC(F)(F)F)cc1. The average Bonchev–Trinajstić information content (AvgIpc) is 3.10. The van der Waals surface area contributed by atoms with Gasteiger partial charge in [-0.05, 0) is 49.7 Å². The Bertz CT molecular complexity index is 1020.